The van der Waals surface area contributed by atoms with Crippen molar-refractivity contribution in [2.75, 3.05) is 6.61 Å². The molecule has 2 nitrogen and oxygen atoms in total. The third-order valence-electron chi connectivity index (χ3n) is 2.36. The smallest absolute Gasteiger partial charge is 0.488 e. The van der Waals surface area contributed by atoms with Crippen LogP contribution in [0.2, 0.25) is 5.02 Å². The Bertz CT molecular complexity index is 447. The third kappa shape index (κ3) is 3.95. The van der Waals surface area contributed by atoms with Crippen LogP contribution in [0.25, 0.3) is 0 Å². The lowest BCUT2D eigenvalue weighted by molar-refractivity contribution is -0.275. The molecule has 0 N–H and O–H groups in total. The molecule has 0 aromatic heterocycles. The Labute approximate surface area is 115 Å². The highest BCUT2D eigenvalue weighted by Crippen LogP contribution is 2.41. The van der Waals surface area contributed by atoms with Crippen molar-refractivity contribution < 1.29 is 22.6 Å². The van der Waals surface area contributed by atoms with Crippen LogP contribution in [0.1, 0.15) is 12.8 Å². The largest absolute Gasteiger partial charge is 0.573 e. The van der Waals surface area contributed by atoms with Gasteiger partial charge in [-0.15, -0.1) is 13.2 Å². The third-order valence-corrected chi connectivity index (χ3v) is 3.10. The number of hydrogen-bond donors (Lipinski definition) is 0. The Morgan fingerprint density at radius 1 is 1.33 bits per heavy atom. The molecule has 0 amide bonds. The highest BCUT2D eigenvalue weighted by atomic mass is 79.9. The van der Waals surface area contributed by atoms with Crippen molar-refractivity contribution in [2.24, 2.45) is 5.92 Å². The van der Waals surface area contributed by atoms with Crippen LogP contribution < -0.4 is 9.47 Å². The quantitative estimate of drug-likeness (QED) is 0.781. The molecule has 1 fully saturated rings. The lowest BCUT2D eigenvalue weighted by Gasteiger charge is -2.15. The van der Waals surface area contributed by atoms with Gasteiger partial charge >= 0.3 is 6.36 Å². The van der Waals surface area contributed by atoms with Crippen LogP contribution >= 0.6 is 27.5 Å². The van der Waals surface area contributed by atoms with Gasteiger partial charge in [0, 0.05) is 4.47 Å². The van der Waals surface area contributed by atoms with Gasteiger partial charge in [-0.3, -0.25) is 0 Å². The normalized spacial score (nSPS) is 15.6. The monoisotopic (exact) mass is 344 g/mol. The average molecular weight is 346 g/mol. The molecule has 100 valence electrons. The number of rotatable bonds is 4. The minimum Gasteiger partial charge on any atom is -0.488 e. The first-order valence-electron chi connectivity index (χ1n) is 5.23. The van der Waals surface area contributed by atoms with E-state index in [1.54, 1.807) is 0 Å². The van der Waals surface area contributed by atoms with E-state index in [1.807, 2.05) is 0 Å². The van der Waals surface area contributed by atoms with Crippen LogP contribution in [-0.4, -0.2) is 13.0 Å². The Kier molecular flexibility index (Phi) is 3.96. The molecule has 0 aliphatic heterocycles. The summed E-state index contributed by atoms with van der Waals surface area (Å²) in [6.45, 7) is 0.357. The summed E-state index contributed by atoms with van der Waals surface area (Å²) in [6.07, 6.45) is -2.71. The first-order chi connectivity index (χ1) is 8.35. The number of halogens is 5. The van der Waals surface area contributed by atoms with Crippen LogP contribution in [0, 0.1) is 5.92 Å². The molecule has 0 heterocycles. The van der Waals surface area contributed by atoms with Crippen molar-refractivity contribution in [2.45, 2.75) is 19.2 Å². The summed E-state index contributed by atoms with van der Waals surface area (Å²) in [5, 5.41) is 0.0873. The minimum atomic E-state index is -4.78. The zero-order valence-electron chi connectivity index (χ0n) is 9.06. The molecule has 0 radical (unpaired) electrons. The van der Waals surface area contributed by atoms with E-state index < -0.39 is 12.1 Å². The molecule has 0 saturated heterocycles. The van der Waals surface area contributed by atoms with Gasteiger partial charge in [0.1, 0.15) is 0 Å². The summed E-state index contributed by atoms with van der Waals surface area (Å²) in [4.78, 5) is 0. The molecule has 0 spiro atoms. The van der Waals surface area contributed by atoms with Gasteiger partial charge < -0.3 is 9.47 Å². The second-order valence-corrected chi connectivity index (χ2v) is 5.34. The Balaban J connectivity index is 2.22. The molecule has 18 heavy (non-hydrogen) atoms. The standard InChI is InChI=1S/C11H9BrClF3O2/c12-7-3-8(13)10(17-5-6-1-2-6)9(4-7)18-11(14,15)16/h3-4,6H,1-2,5H2. The molecule has 2 rings (SSSR count). The molecule has 0 unspecified atom stereocenters. The predicted molar refractivity (Wildman–Crippen MR) is 64.1 cm³/mol. The molecule has 1 aliphatic carbocycles. The van der Waals surface area contributed by atoms with E-state index in [2.05, 4.69) is 20.7 Å². The van der Waals surface area contributed by atoms with Crippen LogP contribution in [0.15, 0.2) is 16.6 Å². The lowest BCUT2D eigenvalue weighted by Crippen LogP contribution is -2.18. The maximum atomic E-state index is 12.3. The van der Waals surface area contributed by atoms with Gasteiger partial charge in [0.15, 0.2) is 11.5 Å². The molecule has 1 saturated carbocycles. The summed E-state index contributed by atoms with van der Waals surface area (Å²) in [5.74, 6) is -0.0879. The molecule has 7 heteroatoms. The van der Waals surface area contributed by atoms with Gasteiger partial charge in [-0.1, -0.05) is 27.5 Å². The number of ether oxygens (including phenoxy) is 2. The lowest BCUT2D eigenvalue weighted by atomic mass is 10.3. The van der Waals surface area contributed by atoms with Crippen molar-refractivity contribution in [3.8, 4) is 11.5 Å². The fourth-order valence-corrected chi connectivity index (χ4v) is 2.20. The summed E-state index contributed by atoms with van der Waals surface area (Å²) in [5.41, 5.74) is 0. The van der Waals surface area contributed by atoms with E-state index in [4.69, 9.17) is 16.3 Å². The van der Waals surface area contributed by atoms with E-state index in [1.165, 1.54) is 12.1 Å². The maximum absolute atomic E-state index is 12.3. The second-order valence-electron chi connectivity index (χ2n) is 4.02. The summed E-state index contributed by atoms with van der Waals surface area (Å²) in [6, 6.07) is 2.65. The van der Waals surface area contributed by atoms with Crippen molar-refractivity contribution in [3.63, 3.8) is 0 Å². The summed E-state index contributed by atoms with van der Waals surface area (Å²) in [7, 11) is 0. The highest BCUT2D eigenvalue weighted by molar-refractivity contribution is 9.10. The molecule has 0 bridgehead atoms. The molecule has 1 aromatic rings. The fraction of sp³-hybridized carbons (Fsp3) is 0.455. The van der Waals surface area contributed by atoms with Gasteiger partial charge in [-0.05, 0) is 30.9 Å². The van der Waals surface area contributed by atoms with E-state index in [0.29, 0.717) is 17.0 Å². The minimum absolute atomic E-state index is 0.0657. The van der Waals surface area contributed by atoms with E-state index in [-0.39, 0.29) is 10.8 Å². The molecule has 1 aliphatic rings. The highest BCUT2D eigenvalue weighted by Gasteiger charge is 2.33. The van der Waals surface area contributed by atoms with Crippen molar-refractivity contribution >= 4 is 27.5 Å². The Hall–Kier alpha value is -0.620. The topological polar surface area (TPSA) is 18.5 Å². The van der Waals surface area contributed by atoms with Crippen LogP contribution in [-0.2, 0) is 0 Å². The first-order valence-corrected chi connectivity index (χ1v) is 6.40. The van der Waals surface area contributed by atoms with Crippen LogP contribution in [0.3, 0.4) is 0 Å². The van der Waals surface area contributed by atoms with Crippen molar-refractivity contribution in [1.82, 2.24) is 0 Å². The average Bonchev–Trinajstić information content (AvgIpc) is 2.97. The van der Waals surface area contributed by atoms with Gasteiger partial charge in [-0.2, -0.15) is 0 Å². The van der Waals surface area contributed by atoms with E-state index in [9.17, 15) is 13.2 Å². The molecule has 0 atom stereocenters. The zero-order chi connectivity index (χ0) is 13.3. The van der Waals surface area contributed by atoms with Crippen molar-refractivity contribution in [3.05, 3.63) is 21.6 Å². The maximum Gasteiger partial charge on any atom is 0.573 e. The molecular weight excluding hydrogens is 336 g/mol. The first kappa shape index (κ1) is 13.8. The predicted octanol–water partition coefficient (Wildman–Crippen LogP) is 4.79. The van der Waals surface area contributed by atoms with Gasteiger partial charge in [-0.25, -0.2) is 0 Å². The summed E-state index contributed by atoms with van der Waals surface area (Å²) < 4.78 is 46.4. The SMILES string of the molecule is FC(F)(F)Oc1cc(Br)cc(Cl)c1OCC1CC1. The van der Waals surface area contributed by atoms with Crippen molar-refractivity contribution in [1.29, 1.82) is 0 Å². The van der Waals surface area contributed by atoms with Crippen LogP contribution in [0.4, 0.5) is 13.2 Å². The van der Waals surface area contributed by atoms with E-state index >= 15 is 0 Å². The number of hydrogen-bond acceptors (Lipinski definition) is 2. The Morgan fingerprint density at radius 3 is 2.56 bits per heavy atom. The Morgan fingerprint density at radius 2 is 2.00 bits per heavy atom. The number of benzene rings is 1. The fourth-order valence-electron chi connectivity index (χ4n) is 1.36. The van der Waals surface area contributed by atoms with Gasteiger partial charge in [0.05, 0.1) is 11.6 Å². The van der Waals surface area contributed by atoms with E-state index in [0.717, 1.165) is 12.8 Å². The number of alkyl halides is 3. The molecular formula is C11H9BrClF3O2. The second kappa shape index (κ2) is 5.17. The summed E-state index contributed by atoms with van der Waals surface area (Å²) >= 11 is 8.92. The van der Waals surface area contributed by atoms with Gasteiger partial charge in [0.25, 0.3) is 0 Å². The molecule has 1 aromatic carbocycles. The van der Waals surface area contributed by atoms with Gasteiger partial charge in [0.2, 0.25) is 0 Å². The van der Waals surface area contributed by atoms with Crippen LogP contribution in [0.5, 0.6) is 11.5 Å². The zero-order valence-corrected chi connectivity index (χ0v) is 11.4.